The average molecular weight is 445 g/mol. The topological polar surface area (TPSA) is 58.6 Å². The van der Waals surface area contributed by atoms with Crippen LogP contribution < -0.4 is 10.1 Å². The lowest BCUT2D eigenvalue weighted by atomic mass is 10.1. The zero-order valence-corrected chi connectivity index (χ0v) is 17.8. The number of carbonyl (C=O) groups is 2. The lowest BCUT2D eigenvalue weighted by molar-refractivity contribution is -0.127. The number of nitrogens with zero attached hydrogens (tertiary/aromatic N) is 1. The third kappa shape index (κ3) is 5.13. The van der Waals surface area contributed by atoms with Gasteiger partial charge in [0, 0.05) is 25.2 Å². The number of nitrogens with one attached hydrogen (secondary N) is 1. The molecular weight excluding hydrogens is 420 g/mol. The van der Waals surface area contributed by atoms with Crippen LogP contribution in [0.3, 0.4) is 0 Å². The highest BCUT2D eigenvalue weighted by Gasteiger charge is 2.20. The summed E-state index contributed by atoms with van der Waals surface area (Å²) in [5, 5.41) is 2.88. The molecule has 3 rings (SSSR count). The summed E-state index contributed by atoms with van der Waals surface area (Å²) in [5.74, 6) is 0.488. The molecule has 1 atom stereocenters. The maximum absolute atomic E-state index is 12.5. The molecule has 1 saturated heterocycles. The van der Waals surface area contributed by atoms with Gasteiger partial charge in [0.25, 0.3) is 11.8 Å². The fraction of sp³-hybridized carbons (Fsp3) is 0.364. The van der Waals surface area contributed by atoms with E-state index in [-0.39, 0.29) is 11.8 Å². The molecule has 5 nitrogen and oxygen atoms in total. The zero-order valence-electron chi connectivity index (χ0n) is 16.2. The lowest BCUT2D eigenvalue weighted by Crippen LogP contribution is -2.36. The van der Waals surface area contributed by atoms with Gasteiger partial charge in [0.05, 0.1) is 4.47 Å². The smallest absolute Gasteiger partial charge is 0.261 e. The Bertz CT molecular complexity index is 863. The van der Waals surface area contributed by atoms with Crippen LogP contribution in [-0.2, 0) is 11.3 Å². The van der Waals surface area contributed by atoms with Gasteiger partial charge >= 0.3 is 0 Å². The van der Waals surface area contributed by atoms with Gasteiger partial charge in [-0.05, 0) is 78.0 Å². The monoisotopic (exact) mass is 444 g/mol. The first kappa shape index (κ1) is 20.4. The van der Waals surface area contributed by atoms with Crippen LogP contribution in [0.2, 0.25) is 0 Å². The Hall–Kier alpha value is -2.34. The molecule has 0 radical (unpaired) electrons. The molecule has 1 aliphatic heterocycles. The van der Waals surface area contributed by atoms with Crippen molar-refractivity contribution in [3.8, 4) is 5.75 Å². The van der Waals surface area contributed by atoms with E-state index in [4.69, 9.17) is 4.74 Å². The molecule has 0 aromatic heterocycles. The normalized spacial score (nSPS) is 14.6. The van der Waals surface area contributed by atoms with E-state index >= 15 is 0 Å². The highest BCUT2D eigenvalue weighted by atomic mass is 79.9. The quantitative estimate of drug-likeness (QED) is 0.729. The highest BCUT2D eigenvalue weighted by molar-refractivity contribution is 9.10. The van der Waals surface area contributed by atoms with Crippen LogP contribution in [0, 0.1) is 6.92 Å². The van der Waals surface area contributed by atoms with Crippen molar-refractivity contribution in [1.29, 1.82) is 0 Å². The van der Waals surface area contributed by atoms with Crippen molar-refractivity contribution in [2.24, 2.45) is 0 Å². The summed E-state index contributed by atoms with van der Waals surface area (Å²) < 4.78 is 6.58. The van der Waals surface area contributed by atoms with Crippen molar-refractivity contribution in [2.45, 2.75) is 39.3 Å². The molecule has 1 fully saturated rings. The number of halogens is 1. The minimum absolute atomic E-state index is 0.0617. The van der Waals surface area contributed by atoms with Gasteiger partial charge in [0.2, 0.25) is 0 Å². The third-order valence-electron chi connectivity index (χ3n) is 4.79. The van der Waals surface area contributed by atoms with Gasteiger partial charge in [-0.3, -0.25) is 9.59 Å². The maximum Gasteiger partial charge on any atom is 0.261 e. The van der Waals surface area contributed by atoms with Gasteiger partial charge in [-0.15, -0.1) is 0 Å². The molecule has 148 valence electrons. The number of carbonyl (C=O) groups excluding carboxylic acids is 2. The summed E-state index contributed by atoms with van der Waals surface area (Å²) >= 11 is 3.46. The molecule has 1 N–H and O–H groups in total. The predicted molar refractivity (Wildman–Crippen MR) is 112 cm³/mol. The molecule has 1 heterocycles. The summed E-state index contributed by atoms with van der Waals surface area (Å²) in [4.78, 5) is 26.8. The summed E-state index contributed by atoms with van der Waals surface area (Å²) in [6.45, 7) is 5.71. The van der Waals surface area contributed by atoms with Crippen LogP contribution in [0.4, 0.5) is 0 Å². The molecule has 2 aromatic carbocycles. The molecule has 2 amide bonds. The van der Waals surface area contributed by atoms with E-state index < -0.39 is 6.10 Å². The Morgan fingerprint density at radius 1 is 1.18 bits per heavy atom. The van der Waals surface area contributed by atoms with Crippen molar-refractivity contribution in [1.82, 2.24) is 10.2 Å². The first-order chi connectivity index (χ1) is 13.4. The minimum atomic E-state index is -0.631. The summed E-state index contributed by atoms with van der Waals surface area (Å²) in [6.07, 6.45) is 1.50. The molecule has 28 heavy (non-hydrogen) atoms. The number of hydrogen-bond acceptors (Lipinski definition) is 3. The van der Waals surface area contributed by atoms with Crippen molar-refractivity contribution in [3.63, 3.8) is 0 Å². The van der Waals surface area contributed by atoms with Gasteiger partial charge in [-0.2, -0.15) is 0 Å². The van der Waals surface area contributed by atoms with Gasteiger partial charge < -0.3 is 15.0 Å². The van der Waals surface area contributed by atoms with E-state index in [0.717, 1.165) is 41.5 Å². The second-order valence-corrected chi connectivity index (χ2v) is 7.97. The second-order valence-electron chi connectivity index (χ2n) is 7.11. The third-order valence-corrected chi connectivity index (χ3v) is 5.41. The molecule has 0 bridgehead atoms. The Morgan fingerprint density at radius 2 is 1.93 bits per heavy atom. The fourth-order valence-electron chi connectivity index (χ4n) is 3.20. The van der Waals surface area contributed by atoms with E-state index in [0.29, 0.717) is 17.9 Å². The Morgan fingerprint density at radius 3 is 2.64 bits per heavy atom. The van der Waals surface area contributed by atoms with Crippen LogP contribution in [0.15, 0.2) is 46.9 Å². The maximum atomic E-state index is 12.5. The standard InChI is InChI=1S/C22H25BrN2O3/c1-15-8-9-20(19(23)12-15)28-16(2)21(26)24-14-17-6-5-7-18(13-17)22(27)25-10-3-4-11-25/h5-9,12-13,16H,3-4,10-11,14H2,1-2H3,(H,24,26). The van der Waals surface area contributed by atoms with E-state index in [1.807, 2.05) is 54.3 Å². The summed E-state index contributed by atoms with van der Waals surface area (Å²) in [6, 6.07) is 13.2. The van der Waals surface area contributed by atoms with Crippen LogP contribution in [-0.4, -0.2) is 35.9 Å². The SMILES string of the molecule is Cc1ccc(OC(C)C(=O)NCc2cccc(C(=O)N3CCCC3)c2)c(Br)c1. The van der Waals surface area contributed by atoms with Crippen LogP contribution >= 0.6 is 15.9 Å². The predicted octanol–water partition coefficient (Wildman–Crippen LogP) is 4.08. The Balaban J connectivity index is 1.56. The van der Waals surface area contributed by atoms with Crippen molar-refractivity contribution in [2.75, 3.05) is 13.1 Å². The molecule has 1 aliphatic rings. The van der Waals surface area contributed by atoms with Gasteiger partial charge in [-0.1, -0.05) is 18.2 Å². The van der Waals surface area contributed by atoms with Crippen LogP contribution in [0.25, 0.3) is 0 Å². The first-order valence-corrected chi connectivity index (χ1v) is 10.3. The van der Waals surface area contributed by atoms with Gasteiger partial charge in [-0.25, -0.2) is 0 Å². The number of aryl methyl sites for hydroxylation is 1. The number of ether oxygens (including phenoxy) is 1. The van der Waals surface area contributed by atoms with Crippen molar-refractivity contribution >= 4 is 27.7 Å². The zero-order chi connectivity index (χ0) is 20.1. The summed E-state index contributed by atoms with van der Waals surface area (Å²) in [7, 11) is 0. The second kappa shape index (κ2) is 9.24. The molecule has 0 spiro atoms. The first-order valence-electron chi connectivity index (χ1n) is 9.53. The van der Waals surface area contributed by atoms with Crippen molar-refractivity contribution in [3.05, 3.63) is 63.6 Å². The van der Waals surface area contributed by atoms with Crippen LogP contribution in [0.5, 0.6) is 5.75 Å². The number of amides is 2. The average Bonchev–Trinajstić information content (AvgIpc) is 3.22. The molecule has 1 unspecified atom stereocenters. The van der Waals surface area contributed by atoms with Crippen LogP contribution in [0.1, 0.15) is 41.3 Å². The molecule has 2 aromatic rings. The Labute approximate surface area is 174 Å². The largest absolute Gasteiger partial charge is 0.480 e. The highest BCUT2D eigenvalue weighted by Crippen LogP contribution is 2.26. The number of likely N-dealkylation sites (tertiary alicyclic amines) is 1. The molecular formula is C22H25BrN2O3. The van der Waals surface area contributed by atoms with Gasteiger partial charge in [0.15, 0.2) is 6.10 Å². The summed E-state index contributed by atoms with van der Waals surface area (Å²) in [5.41, 5.74) is 2.67. The Kier molecular flexibility index (Phi) is 6.73. The molecule has 6 heteroatoms. The van der Waals surface area contributed by atoms with Crippen molar-refractivity contribution < 1.29 is 14.3 Å². The fourth-order valence-corrected chi connectivity index (χ4v) is 3.78. The lowest BCUT2D eigenvalue weighted by Gasteiger charge is -2.17. The van der Waals surface area contributed by atoms with E-state index in [2.05, 4.69) is 21.2 Å². The minimum Gasteiger partial charge on any atom is -0.480 e. The number of hydrogen-bond donors (Lipinski definition) is 1. The van der Waals surface area contributed by atoms with E-state index in [9.17, 15) is 9.59 Å². The van der Waals surface area contributed by atoms with E-state index in [1.54, 1.807) is 6.92 Å². The van der Waals surface area contributed by atoms with Gasteiger partial charge in [0.1, 0.15) is 5.75 Å². The number of rotatable bonds is 6. The molecule has 0 saturated carbocycles. The molecule has 0 aliphatic carbocycles. The number of benzene rings is 2. The van der Waals surface area contributed by atoms with E-state index in [1.165, 1.54) is 0 Å².